The van der Waals surface area contributed by atoms with Crippen molar-refractivity contribution in [1.82, 2.24) is 0 Å². The van der Waals surface area contributed by atoms with Gasteiger partial charge in [-0.25, -0.2) is 0 Å². The van der Waals surface area contributed by atoms with Gasteiger partial charge in [0.15, 0.2) is 0 Å². The predicted molar refractivity (Wildman–Crippen MR) is 102 cm³/mol. The summed E-state index contributed by atoms with van der Waals surface area (Å²) < 4.78 is 5.75. The summed E-state index contributed by atoms with van der Waals surface area (Å²) >= 11 is 5.92. The maximum absolute atomic E-state index is 5.92. The molecule has 3 rings (SSSR count). The van der Waals surface area contributed by atoms with E-state index in [9.17, 15) is 0 Å². The quantitative estimate of drug-likeness (QED) is 0.514. The molecule has 122 valence electrons. The van der Waals surface area contributed by atoms with Crippen LogP contribution in [0.1, 0.15) is 23.1 Å². The fourth-order valence-electron chi connectivity index (χ4n) is 2.65. The standard InChI is InChI=1S/C21H20ClNO/c1-2-3-14-24-19-9-10-20-17(15-19)12-13-23-21(20)11-6-16-4-7-18(22)8-5-16/h2,4-11,15H,1,3,12-14H2/b11-6+. The number of ether oxygens (including phenoxy) is 1. The van der Waals surface area contributed by atoms with Crippen LogP contribution in [0.25, 0.3) is 6.08 Å². The number of halogens is 1. The fraction of sp³-hybridized carbons (Fsp3) is 0.190. The third-order valence-corrected chi connectivity index (χ3v) is 4.16. The number of aliphatic imine (C=N–C) groups is 1. The summed E-state index contributed by atoms with van der Waals surface area (Å²) in [4.78, 5) is 4.66. The molecule has 0 aromatic heterocycles. The van der Waals surface area contributed by atoms with E-state index in [1.165, 1.54) is 11.1 Å². The van der Waals surface area contributed by atoms with Crippen LogP contribution in [-0.2, 0) is 6.42 Å². The highest BCUT2D eigenvalue weighted by molar-refractivity contribution is 6.30. The van der Waals surface area contributed by atoms with Crippen LogP contribution in [0.3, 0.4) is 0 Å². The number of benzene rings is 2. The van der Waals surface area contributed by atoms with Gasteiger partial charge >= 0.3 is 0 Å². The molecule has 0 radical (unpaired) electrons. The summed E-state index contributed by atoms with van der Waals surface area (Å²) in [5.74, 6) is 0.915. The Morgan fingerprint density at radius 2 is 1.96 bits per heavy atom. The topological polar surface area (TPSA) is 21.6 Å². The first-order valence-corrected chi connectivity index (χ1v) is 8.49. The van der Waals surface area contributed by atoms with E-state index in [2.05, 4.69) is 35.9 Å². The molecule has 0 saturated carbocycles. The molecule has 0 atom stereocenters. The minimum atomic E-state index is 0.666. The molecule has 24 heavy (non-hydrogen) atoms. The summed E-state index contributed by atoms with van der Waals surface area (Å²) in [6.45, 7) is 5.19. The average molecular weight is 338 g/mol. The van der Waals surface area contributed by atoms with E-state index in [0.29, 0.717) is 6.61 Å². The van der Waals surface area contributed by atoms with Crippen LogP contribution in [-0.4, -0.2) is 18.9 Å². The summed E-state index contributed by atoms with van der Waals surface area (Å²) in [5, 5.41) is 0.747. The lowest BCUT2D eigenvalue weighted by Crippen LogP contribution is -2.11. The van der Waals surface area contributed by atoms with E-state index in [1.54, 1.807) is 0 Å². The molecule has 0 fully saturated rings. The van der Waals surface area contributed by atoms with Crippen LogP contribution < -0.4 is 4.74 Å². The molecule has 1 heterocycles. The molecule has 2 aromatic carbocycles. The lowest BCUT2D eigenvalue weighted by Gasteiger charge is -2.16. The van der Waals surface area contributed by atoms with Crippen LogP contribution in [0.2, 0.25) is 5.02 Å². The molecule has 0 amide bonds. The lowest BCUT2D eigenvalue weighted by atomic mass is 9.96. The molecule has 2 aromatic rings. The van der Waals surface area contributed by atoms with Gasteiger partial charge in [-0.3, -0.25) is 4.99 Å². The van der Waals surface area contributed by atoms with Gasteiger partial charge in [-0.2, -0.15) is 0 Å². The second-order valence-electron chi connectivity index (χ2n) is 5.65. The van der Waals surface area contributed by atoms with Crippen molar-refractivity contribution in [1.29, 1.82) is 0 Å². The molecule has 3 heteroatoms. The van der Waals surface area contributed by atoms with Gasteiger partial charge in [-0.15, -0.1) is 6.58 Å². The van der Waals surface area contributed by atoms with Gasteiger partial charge < -0.3 is 4.74 Å². The van der Waals surface area contributed by atoms with Gasteiger partial charge in [0.05, 0.1) is 12.3 Å². The smallest absolute Gasteiger partial charge is 0.119 e. The summed E-state index contributed by atoms with van der Waals surface area (Å²) in [5.41, 5.74) is 4.60. The second-order valence-corrected chi connectivity index (χ2v) is 6.08. The maximum atomic E-state index is 5.92. The first-order chi connectivity index (χ1) is 11.8. The van der Waals surface area contributed by atoms with Gasteiger partial charge in [-0.05, 0) is 60.4 Å². The van der Waals surface area contributed by atoms with Gasteiger partial charge in [0.2, 0.25) is 0 Å². The van der Waals surface area contributed by atoms with Gasteiger partial charge in [0.1, 0.15) is 5.75 Å². The lowest BCUT2D eigenvalue weighted by molar-refractivity contribution is 0.324. The molecule has 0 saturated heterocycles. The molecule has 0 spiro atoms. The van der Waals surface area contributed by atoms with Crippen LogP contribution >= 0.6 is 11.6 Å². The Hall–Kier alpha value is -2.32. The molecule has 0 N–H and O–H groups in total. The Morgan fingerprint density at radius 1 is 1.12 bits per heavy atom. The number of hydrogen-bond donors (Lipinski definition) is 0. The average Bonchev–Trinajstić information content (AvgIpc) is 2.61. The largest absolute Gasteiger partial charge is 0.493 e. The zero-order valence-corrected chi connectivity index (χ0v) is 14.3. The molecule has 1 aliphatic heterocycles. The highest BCUT2D eigenvalue weighted by Crippen LogP contribution is 2.23. The van der Waals surface area contributed by atoms with E-state index in [4.69, 9.17) is 16.3 Å². The molecule has 0 aliphatic carbocycles. The van der Waals surface area contributed by atoms with E-state index in [-0.39, 0.29) is 0 Å². The number of rotatable bonds is 6. The molecular formula is C21H20ClNO. The highest BCUT2D eigenvalue weighted by atomic mass is 35.5. The maximum Gasteiger partial charge on any atom is 0.119 e. The normalized spacial score (nSPS) is 13.5. The van der Waals surface area contributed by atoms with Crippen molar-refractivity contribution >= 4 is 23.4 Å². The summed E-state index contributed by atoms with van der Waals surface area (Å²) in [6, 6.07) is 14.0. The minimum absolute atomic E-state index is 0.666. The van der Waals surface area contributed by atoms with Gasteiger partial charge in [0.25, 0.3) is 0 Å². The number of nitrogens with zero attached hydrogens (tertiary/aromatic N) is 1. The summed E-state index contributed by atoms with van der Waals surface area (Å²) in [6.07, 6.45) is 7.81. The highest BCUT2D eigenvalue weighted by Gasteiger charge is 2.13. The number of hydrogen-bond acceptors (Lipinski definition) is 2. The van der Waals surface area contributed by atoms with Gasteiger partial charge in [-0.1, -0.05) is 35.9 Å². The molecule has 0 unspecified atom stereocenters. The van der Waals surface area contributed by atoms with Crippen molar-refractivity contribution in [2.45, 2.75) is 12.8 Å². The van der Waals surface area contributed by atoms with Crippen molar-refractivity contribution in [3.63, 3.8) is 0 Å². The number of allylic oxidation sites excluding steroid dienone is 1. The van der Waals surface area contributed by atoms with E-state index in [1.807, 2.05) is 36.4 Å². The Kier molecular flexibility index (Phi) is 5.50. The third kappa shape index (κ3) is 4.15. The summed E-state index contributed by atoms with van der Waals surface area (Å²) in [7, 11) is 0. The van der Waals surface area contributed by atoms with E-state index < -0.39 is 0 Å². The molecular weight excluding hydrogens is 318 g/mol. The Labute approximate surface area is 148 Å². The molecule has 0 bridgehead atoms. The molecule has 2 nitrogen and oxygen atoms in total. The van der Waals surface area contributed by atoms with Crippen molar-refractivity contribution in [3.8, 4) is 5.75 Å². The first-order valence-electron chi connectivity index (χ1n) is 8.11. The third-order valence-electron chi connectivity index (χ3n) is 3.91. The monoisotopic (exact) mass is 337 g/mol. The van der Waals surface area contributed by atoms with Crippen LogP contribution in [0, 0.1) is 0 Å². The SMILES string of the molecule is C=CCCOc1ccc2c(c1)CCN=C2/C=C/c1ccc(Cl)cc1. The molecule has 1 aliphatic rings. The number of fused-ring (bicyclic) bond motifs is 1. The van der Waals surface area contributed by atoms with E-state index >= 15 is 0 Å². The fourth-order valence-corrected chi connectivity index (χ4v) is 2.78. The Bertz CT molecular complexity index is 775. The Morgan fingerprint density at radius 3 is 2.75 bits per heavy atom. The van der Waals surface area contributed by atoms with Crippen LogP contribution in [0.4, 0.5) is 0 Å². The zero-order chi connectivity index (χ0) is 16.8. The van der Waals surface area contributed by atoms with Crippen LogP contribution in [0.5, 0.6) is 5.75 Å². The predicted octanol–water partition coefficient (Wildman–Crippen LogP) is 5.35. The van der Waals surface area contributed by atoms with Gasteiger partial charge in [0, 0.05) is 17.1 Å². The van der Waals surface area contributed by atoms with Crippen molar-refractivity contribution in [3.05, 3.63) is 82.9 Å². The zero-order valence-electron chi connectivity index (χ0n) is 13.5. The van der Waals surface area contributed by atoms with Crippen LogP contribution in [0.15, 0.2) is 66.2 Å². The Balaban J connectivity index is 1.76. The second kappa shape index (κ2) is 7.98. The minimum Gasteiger partial charge on any atom is -0.493 e. The van der Waals surface area contributed by atoms with Crippen molar-refractivity contribution in [2.24, 2.45) is 4.99 Å². The first kappa shape index (κ1) is 16.5. The van der Waals surface area contributed by atoms with Crippen molar-refractivity contribution in [2.75, 3.05) is 13.2 Å². The van der Waals surface area contributed by atoms with E-state index in [0.717, 1.165) is 41.4 Å². The van der Waals surface area contributed by atoms with Crippen molar-refractivity contribution < 1.29 is 4.74 Å².